The fourth-order valence-electron chi connectivity index (χ4n) is 3.97. The molecular formula is C24H31FN2O3S. The van der Waals surface area contributed by atoms with Crippen molar-refractivity contribution in [3.05, 3.63) is 57.5 Å². The second-order valence-corrected chi connectivity index (χ2v) is 9.91. The number of fused-ring (bicyclic) bond motifs is 1. The van der Waals surface area contributed by atoms with E-state index in [0.29, 0.717) is 26.1 Å². The Hall–Kier alpha value is -2.25. The van der Waals surface area contributed by atoms with Gasteiger partial charge in [-0.1, -0.05) is 32.9 Å². The Morgan fingerprint density at radius 1 is 1.23 bits per heavy atom. The van der Waals surface area contributed by atoms with Crippen molar-refractivity contribution in [1.82, 2.24) is 9.80 Å². The van der Waals surface area contributed by atoms with Gasteiger partial charge in [0.05, 0.1) is 12.6 Å². The minimum atomic E-state index is -0.577. The van der Waals surface area contributed by atoms with Gasteiger partial charge in [0.2, 0.25) is 11.8 Å². The van der Waals surface area contributed by atoms with Crippen LogP contribution in [0.3, 0.4) is 0 Å². The van der Waals surface area contributed by atoms with E-state index in [9.17, 15) is 14.0 Å². The maximum Gasteiger partial charge on any atom is 0.242 e. The highest BCUT2D eigenvalue weighted by atomic mass is 32.1. The van der Waals surface area contributed by atoms with E-state index in [1.54, 1.807) is 35.5 Å². The number of rotatable bonds is 7. The Morgan fingerprint density at radius 2 is 1.94 bits per heavy atom. The van der Waals surface area contributed by atoms with Crippen molar-refractivity contribution >= 4 is 23.2 Å². The van der Waals surface area contributed by atoms with Gasteiger partial charge in [0.1, 0.15) is 5.82 Å². The standard InChI is InChI=1S/C24H31FN2O3S/c1-24(2,3)23(29)26(12-5-14-30-4)16-21(28)27-13-10-20-19(11-15-31-20)22(27)17-6-8-18(25)9-7-17/h6-9,11,15,22H,5,10,12-14,16H2,1-4H3. The minimum absolute atomic E-state index is 0.0248. The van der Waals surface area contributed by atoms with Gasteiger partial charge in [-0.15, -0.1) is 11.3 Å². The molecule has 0 bridgehead atoms. The van der Waals surface area contributed by atoms with Gasteiger partial charge < -0.3 is 14.5 Å². The van der Waals surface area contributed by atoms with Gasteiger partial charge in [0.25, 0.3) is 0 Å². The lowest BCUT2D eigenvalue weighted by molar-refractivity contribution is -0.146. The number of hydrogen-bond acceptors (Lipinski definition) is 4. The van der Waals surface area contributed by atoms with Crippen LogP contribution < -0.4 is 0 Å². The van der Waals surface area contributed by atoms with Gasteiger partial charge in [-0.3, -0.25) is 9.59 Å². The third-order valence-corrected chi connectivity index (χ3v) is 6.50. The summed E-state index contributed by atoms with van der Waals surface area (Å²) < 4.78 is 18.7. The summed E-state index contributed by atoms with van der Waals surface area (Å²) in [6.45, 7) is 7.19. The Kier molecular flexibility index (Phi) is 7.49. The predicted octanol–water partition coefficient (Wildman–Crippen LogP) is 4.27. The summed E-state index contributed by atoms with van der Waals surface area (Å²) in [7, 11) is 1.63. The molecule has 1 aliphatic heterocycles. The molecule has 1 atom stereocenters. The lowest BCUT2D eigenvalue weighted by Crippen LogP contribution is -2.49. The van der Waals surface area contributed by atoms with E-state index in [1.165, 1.54) is 17.0 Å². The number of hydrogen-bond donors (Lipinski definition) is 0. The third-order valence-electron chi connectivity index (χ3n) is 5.50. The lowest BCUT2D eigenvalue weighted by atomic mass is 9.92. The summed E-state index contributed by atoms with van der Waals surface area (Å²) in [6.07, 6.45) is 1.45. The van der Waals surface area contributed by atoms with Crippen molar-refractivity contribution in [2.75, 3.05) is 33.4 Å². The van der Waals surface area contributed by atoms with Crippen molar-refractivity contribution in [3.63, 3.8) is 0 Å². The molecule has 31 heavy (non-hydrogen) atoms. The molecule has 0 saturated heterocycles. The van der Waals surface area contributed by atoms with E-state index in [0.717, 1.165) is 17.5 Å². The zero-order valence-corrected chi connectivity index (χ0v) is 19.5. The molecule has 0 spiro atoms. The first-order chi connectivity index (χ1) is 14.7. The van der Waals surface area contributed by atoms with Gasteiger partial charge in [0, 0.05) is 37.1 Å². The highest BCUT2D eigenvalue weighted by molar-refractivity contribution is 7.10. The van der Waals surface area contributed by atoms with Crippen LogP contribution in [0.4, 0.5) is 4.39 Å². The molecule has 2 amide bonds. The smallest absolute Gasteiger partial charge is 0.242 e. The quantitative estimate of drug-likeness (QED) is 0.597. The number of carbonyl (C=O) groups is 2. The predicted molar refractivity (Wildman–Crippen MR) is 121 cm³/mol. The first-order valence-corrected chi connectivity index (χ1v) is 11.5. The first-order valence-electron chi connectivity index (χ1n) is 10.6. The van der Waals surface area contributed by atoms with Crippen molar-refractivity contribution in [2.24, 2.45) is 5.41 Å². The van der Waals surface area contributed by atoms with Crippen LogP contribution in [-0.2, 0) is 20.7 Å². The number of methoxy groups -OCH3 is 1. The van der Waals surface area contributed by atoms with Crippen LogP contribution in [0.15, 0.2) is 35.7 Å². The Morgan fingerprint density at radius 3 is 2.58 bits per heavy atom. The van der Waals surface area contributed by atoms with E-state index in [-0.39, 0.29) is 30.2 Å². The number of ether oxygens (including phenoxy) is 1. The molecule has 0 N–H and O–H groups in total. The van der Waals surface area contributed by atoms with E-state index in [4.69, 9.17) is 4.74 Å². The number of amides is 2. The van der Waals surface area contributed by atoms with Crippen molar-refractivity contribution in [3.8, 4) is 0 Å². The Labute approximate surface area is 187 Å². The highest BCUT2D eigenvalue weighted by Crippen LogP contribution is 2.38. The molecule has 0 aliphatic carbocycles. The summed E-state index contributed by atoms with van der Waals surface area (Å²) in [6, 6.07) is 8.11. The second-order valence-electron chi connectivity index (χ2n) is 8.91. The molecule has 0 radical (unpaired) electrons. The Balaban J connectivity index is 1.86. The number of halogens is 1. The van der Waals surface area contributed by atoms with Crippen LogP contribution >= 0.6 is 11.3 Å². The lowest BCUT2D eigenvalue weighted by Gasteiger charge is -2.38. The maximum atomic E-state index is 13.5. The van der Waals surface area contributed by atoms with Gasteiger partial charge in [-0.25, -0.2) is 4.39 Å². The monoisotopic (exact) mass is 446 g/mol. The Bertz CT molecular complexity index is 904. The molecule has 2 aromatic rings. The van der Waals surface area contributed by atoms with Gasteiger partial charge in [-0.05, 0) is 47.5 Å². The third kappa shape index (κ3) is 5.52. The summed E-state index contributed by atoms with van der Waals surface area (Å²) >= 11 is 1.69. The molecule has 1 aliphatic rings. The normalized spacial score (nSPS) is 16.2. The van der Waals surface area contributed by atoms with Crippen molar-refractivity contribution in [1.29, 1.82) is 0 Å². The topological polar surface area (TPSA) is 49.9 Å². The highest BCUT2D eigenvalue weighted by Gasteiger charge is 2.35. The molecular weight excluding hydrogens is 415 g/mol. The summed E-state index contributed by atoms with van der Waals surface area (Å²) in [5.74, 6) is -0.451. The van der Waals surface area contributed by atoms with Crippen molar-refractivity contribution in [2.45, 2.75) is 39.7 Å². The molecule has 0 saturated carbocycles. The maximum absolute atomic E-state index is 13.5. The van der Waals surface area contributed by atoms with E-state index < -0.39 is 5.41 Å². The molecule has 5 nitrogen and oxygen atoms in total. The fourth-order valence-corrected chi connectivity index (χ4v) is 4.87. The number of benzene rings is 1. The molecule has 7 heteroatoms. The van der Waals surface area contributed by atoms with Crippen LogP contribution in [0, 0.1) is 11.2 Å². The summed E-state index contributed by atoms with van der Waals surface area (Å²) in [5.41, 5.74) is 1.39. The average Bonchev–Trinajstić information content (AvgIpc) is 3.20. The van der Waals surface area contributed by atoms with Crippen molar-refractivity contribution < 1.29 is 18.7 Å². The number of carbonyl (C=O) groups excluding carboxylic acids is 2. The fraction of sp³-hybridized carbons (Fsp3) is 0.500. The molecule has 1 aromatic heterocycles. The van der Waals surface area contributed by atoms with E-state index >= 15 is 0 Å². The van der Waals surface area contributed by atoms with Crippen LogP contribution in [0.2, 0.25) is 0 Å². The van der Waals surface area contributed by atoms with Crippen LogP contribution in [0.1, 0.15) is 49.2 Å². The molecule has 168 valence electrons. The zero-order chi connectivity index (χ0) is 22.6. The molecule has 1 aromatic carbocycles. The summed E-state index contributed by atoms with van der Waals surface area (Å²) in [4.78, 5) is 31.2. The van der Waals surface area contributed by atoms with E-state index in [1.807, 2.05) is 37.1 Å². The number of nitrogens with zero attached hydrogens (tertiary/aromatic N) is 2. The average molecular weight is 447 g/mol. The molecule has 0 fully saturated rings. The van der Waals surface area contributed by atoms with Crippen LogP contribution in [-0.4, -0.2) is 55.0 Å². The van der Waals surface area contributed by atoms with Crippen LogP contribution in [0.25, 0.3) is 0 Å². The molecule has 1 unspecified atom stereocenters. The molecule has 2 heterocycles. The number of thiophene rings is 1. The van der Waals surface area contributed by atoms with Gasteiger partial charge >= 0.3 is 0 Å². The SMILES string of the molecule is COCCCN(CC(=O)N1CCc2sccc2C1c1ccc(F)cc1)C(=O)C(C)(C)C. The second kappa shape index (κ2) is 9.92. The summed E-state index contributed by atoms with van der Waals surface area (Å²) in [5, 5.41) is 2.04. The first kappa shape index (κ1) is 23.4. The zero-order valence-electron chi connectivity index (χ0n) is 18.7. The van der Waals surface area contributed by atoms with Crippen LogP contribution in [0.5, 0.6) is 0 Å². The minimum Gasteiger partial charge on any atom is -0.385 e. The van der Waals surface area contributed by atoms with Gasteiger partial charge in [0.15, 0.2) is 0 Å². The van der Waals surface area contributed by atoms with Gasteiger partial charge in [-0.2, -0.15) is 0 Å². The molecule has 3 rings (SSSR count). The largest absolute Gasteiger partial charge is 0.385 e. The van der Waals surface area contributed by atoms with E-state index in [2.05, 4.69) is 0 Å².